The number of sulfone groups is 1. The Labute approximate surface area is 125 Å². The SMILES string of the molecule is O=S(=O)(c1nnc(C(F)(F)F)s1)c1cc(Cl)ccc1Cl. The molecule has 1 aromatic heterocycles. The van der Waals surface area contributed by atoms with Crippen molar-refractivity contribution >= 4 is 44.4 Å². The van der Waals surface area contributed by atoms with Crippen LogP contribution in [0.2, 0.25) is 10.0 Å². The number of hydrogen-bond donors (Lipinski definition) is 0. The summed E-state index contributed by atoms with van der Waals surface area (Å²) in [5, 5.41) is 4.44. The first kappa shape index (κ1) is 15.5. The fourth-order valence-corrected chi connectivity index (χ4v) is 4.20. The van der Waals surface area contributed by atoms with E-state index in [2.05, 4.69) is 10.2 Å². The average Bonchev–Trinajstić information content (AvgIpc) is 2.82. The number of alkyl halides is 3. The van der Waals surface area contributed by atoms with E-state index in [0.29, 0.717) is 0 Å². The van der Waals surface area contributed by atoms with E-state index in [1.165, 1.54) is 12.1 Å². The van der Waals surface area contributed by atoms with E-state index in [4.69, 9.17) is 23.2 Å². The minimum atomic E-state index is -4.76. The van der Waals surface area contributed by atoms with Crippen molar-refractivity contribution in [2.45, 2.75) is 15.4 Å². The number of nitrogens with zero attached hydrogens (tertiary/aromatic N) is 2. The van der Waals surface area contributed by atoms with Crippen LogP contribution in [0.4, 0.5) is 13.2 Å². The Morgan fingerprint density at radius 3 is 2.35 bits per heavy atom. The Balaban J connectivity index is 2.56. The average molecular weight is 363 g/mol. The van der Waals surface area contributed by atoms with E-state index in [1.54, 1.807) is 0 Å². The van der Waals surface area contributed by atoms with Crippen molar-refractivity contribution in [2.24, 2.45) is 0 Å². The van der Waals surface area contributed by atoms with Gasteiger partial charge in [0.1, 0.15) is 0 Å². The molecular weight excluding hydrogens is 360 g/mol. The van der Waals surface area contributed by atoms with Gasteiger partial charge >= 0.3 is 6.18 Å². The monoisotopic (exact) mass is 362 g/mol. The Hall–Kier alpha value is -0.900. The highest BCUT2D eigenvalue weighted by Gasteiger charge is 2.38. The van der Waals surface area contributed by atoms with Crippen LogP contribution in [0.15, 0.2) is 27.4 Å². The molecule has 20 heavy (non-hydrogen) atoms. The summed E-state index contributed by atoms with van der Waals surface area (Å²) >= 11 is 11.3. The lowest BCUT2D eigenvalue weighted by Crippen LogP contribution is -2.03. The highest BCUT2D eigenvalue weighted by atomic mass is 35.5. The van der Waals surface area contributed by atoms with Crippen LogP contribution in [0, 0.1) is 0 Å². The minimum Gasteiger partial charge on any atom is -0.216 e. The first-order valence-electron chi connectivity index (χ1n) is 4.73. The summed E-state index contributed by atoms with van der Waals surface area (Å²) in [4.78, 5) is -0.420. The molecule has 0 atom stereocenters. The van der Waals surface area contributed by atoms with E-state index in [9.17, 15) is 21.6 Å². The predicted octanol–water partition coefficient (Wildman–Crippen LogP) is 3.70. The van der Waals surface area contributed by atoms with Gasteiger partial charge in [-0.25, -0.2) is 8.42 Å². The molecule has 0 fully saturated rings. The summed E-state index contributed by atoms with van der Waals surface area (Å²) in [5.41, 5.74) is 0. The molecule has 4 nitrogen and oxygen atoms in total. The van der Waals surface area contributed by atoms with E-state index >= 15 is 0 Å². The van der Waals surface area contributed by atoms with Gasteiger partial charge in [-0.05, 0) is 18.2 Å². The molecule has 0 unspecified atom stereocenters. The lowest BCUT2D eigenvalue weighted by molar-refractivity contribution is -0.138. The first-order valence-corrected chi connectivity index (χ1v) is 7.79. The summed E-state index contributed by atoms with van der Waals surface area (Å²) in [6, 6.07) is 3.61. The second kappa shape index (κ2) is 5.14. The van der Waals surface area contributed by atoms with Crippen molar-refractivity contribution < 1.29 is 21.6 Å². The fraction of sp³-hybridized carbons (Fsp3) is 0.111. The zero-order valence-corrected chi connectivity index (χ0v) is 12.3. The second-order valence-corrected chi connectivity index (χ2v) is 7.36. The summed E-state index contributed by atoms with van der Waals surface area (Å²) in [5.74, 6) is 0. The standard InChI is InChI=1S/C9H3Cl2F3N2O2S2/c10-4-1-2-5(11)6(3-4)20(17,18)8-16-15-7(19-8)9(12,13)14/h1-3H. The zero-order valence-electron chi connectivity index (χ0n) is 9.15. The summed E-state index contributed by atoms with van der Waals surface area (Å²) in [6.07, 6.45) is -4.76. The van der Waals surface area contributed by atoms with Crippen LogP contribution < -0.4 is 0 Å². The zero-order chi connectivity index (χ0) is 15.1. The third kappa shape index (κ3) is 2.90. The fourth-order valence-electron chi connectivity index (χ4n) is 1.21. The molecular formula is C9H3Cl2F3N2O2S2. The normalized spacial score (nSPS) is 12.7. The Kier molecular flexibility index (Phi) is 3.98. The van der Waals surface area contributed by atoms with Gasteiger partial charge in [0.2, 0.25) is 19.2 Å². The maximum atomic E-state index is 12.4. The van der Waals surface area contributed by atoms with E-state index in [1.807, 2.05) is 0 Å². The van der Waals surface area contributed by atoms with Crippen LogP contribution >= 0.6 is 34.5 Å². The highest BCUT2D eigenvalue weighted by molar-refractivity contribution is 7.93. The van der Waals surface area contributed by atoms with Gasteiger partial charge in [-0.2, -0.15) is 13.2 Å². The molecule has 0 saturated heterocycles. The Morgan fingerprint density at radius 2 is 1.80 bits per heavy atom. The molecule has 108 valence electrons. The van der Waals surface area contributed by atoms with Crippen molar-refractivity contribution in [2.75, 3.05) is 0 Å². The third-order valence-corrected chi connectivity index (χ3v) is 5.87. The molecule has 0 bridgehead atoms. The second-order valence-electron chi connectivity index (χ2n) is 3.45. The van der Waals surface area contributed by atoms with Gasteiger partial charge in [-0.1, -0.05) is 34.5 Å². The molecule has 0 saturated carbocycles. The molecule has 1 aromatic carbocycles. The van der Waals surface area contributed by atoms with Crippen molar-refractivity contribution in [1.29, 1.82) is 0 Å². The van der Waals surface area contributed by atoms with Crippen molar-refractivity contribution in [3.63, 3.8) is 0 Å². The lowest BCUT2D eigenvalue weighted by atomic mass is 10.4. The summed E-state index contributed by atoms with van der Waals surface area (Å²) in [7, 11) is -4.30. The molecule has 0 aliphatic carbocycles. The number of benzene rings is 1. The van der Waals surface area contributed by atoms with Gasteiger partial charge in [-0.3, -0.25) is 0 Å². The molecule has 1 heterocycles. The number of hydrogen-bond acceptors (Lipinski definition) is 5. The van der Waals surface area contributed by atoms with Crippen LogP contribution in [0.5, 0.6) is 0 Å². The topological polar surface area (TPSA) is 59.9 Å². The molecule has 2 rings (SSSR count). The number of rotatable bonds is 2. The molecule has 11 heteroatoms. The van der Waals surface area contributed by atoms with Crippen molar-refractivity contribution in [1.82, 2.24) is 10.2 Å². The van der Waals surface area contributed by atoms with Gasteiger partial charge in [0, 0.05) is 5.02 Å². The molecule has 0 radical (unpaired) electrons. The van der Waals surface area contributed by atoms with Gasteiger partial charge in [0.25, 0.3) is 0 Å². The predicted molar refractivity (Wildman–Crippen MR) is 66.8 cm³/mol. The molecule has 2 aromatic rings. The summed E-state index contributed by atoms with van der Waals surface area (Å²) < 4.78 is 60.7. The first-order chi connectivity index (χ1) is 9.12. The molecule has 0 amide bonds. The van der Waals surface area contributed by atoms with E-state index in [0.717, 1.165) is 6.07 Å². The lowest BCUT2D eigenvalue weighted by Gasteiger charge is -2.03. The van der Waals surface area contributed by atoms with Crippen molar-refractivity contribution in [3.8, 4) is 0 Å². The van der Waals surface area contributed by atoms with Crippen LogP contribution in [0.25, 0.3) is 0 Å². The van der Waals surface area contributed by atoms with E-state index < -0.39 is 30.3 Å². The molecule has 0 spiro atoms. The third-order valence-electron chi connectivity index (χ3n) is 2.06. The molecule has 0 aliphatic rings. The van der Waals surface area contributed by atoms with Crippen LogP contribution in [0.1, 0.15) is 5.01 Å². The van der Waals surface area contributed by atoms with Gasteiger partial charge < -0.3 is 0 Å². The largest absolute Gasteiger partial charge is 0.445 e. The maximum absolute atomic E-state index is 12.4. The smallest absolute Gasteiger partial charge is 0.216 e. The molecule has 0 aliphatic heterocycles. The Bertz CT molecular complexity index is 759. The van der Waals surface area contributed by atoms with Crippen LogP contribution in [0.3, 0.4) is 0 Å². The number of aromatic nitrogens is 2. The van der Waals surface area contributed by atoms with E-state index in [-0.39, 0.29) is 21.4 Å². The van der Waals surface area contributed by atoms with Gasteiger partial charge in [0.05, 0.1) is 9.92 Å². The number of halogens is 5. The molecule has 0 N–H and O–H groups in total. The van der Waals surface area contributed by atoms with Crippen molar-refractivity contribution in [3.05, 3.63) is 33.3 Å². The summed E-state index contributed by atoms with van der Waals surface area (Å²) in [6.45, 7) is 0. The Morgan fingerprint density at radius 1 is 1.15 bits per heavy atom. The van der Waals surface area contributed by atoms with Crippen LogP contribution in [-0.4, -0.2) is 18.6 Å². The van der Waals surface area contributed by atoms with Crippen LogP contribution in [-0.2, 0) is 16.0 Å². The quantitative estimate of drug-likeness (QED) is 0.817. The maximum Gasteiger partial charge on any atom is 0.445 e. The highest BCUT2D eigenvalue weighted by Crippen LogP contribution is 2.36. The van der Waals surface area contributed by atoms with Gasteiger partial charge in [-0.15, -0.1) is 10.2 Å². The van der Waals surface area contributed by atoms with Gasteiger partial charge in [0.15, 0.2) is 0 Å². The minimum absolute atomic E-state index is 0.0773.